The number of Topliss-reactive ketones (excluding diaryl/α,β-unsaturated/α-hetero) is 1. The third-order valence-corrected chi connectivity index (χ3v) is 5.09. The molecule has 188 valence electrons. The zero-order chi connectivity index (χ0) is 25.3. The summed E-state index contributed by atoms with van der Waals surface area (Å²) in [6.07, 6.45) is 4.83. The van der Waals surface area contributed by atoms with E-state index < -0.39 is 23.8 Å². The van der Waals surface area contributed by atoms with E-state index in [0.717, 1.165) is 31.6 Å². The summed E-state index contributed by atoms with van der Waals surface area (Å²) in [6, 6.07) is -1.46. The molecule has 2 aliphatic rings. The monoisotopic (exact) mass is 474 g/mol. The normalized spacial score (nSPS) is 17.8. The van der Waals surface area contributed by atoms with Crippen molar-refractivity contribution in [3.05, 3.63) is 0 Å². The van der Waals surface area contributed by atoms with Gasteiger partial charge in [-0.15, -0.1) is 0 Å². The molecular weight excluding hydrogens is 427 g/mol. The van der Waals surface area contributed by atoms with Gasteiger partial charge in [0.15, 0.2) is 0 Å². The van der Waals surface area contributed by atoms with Gasteiger partial charge in [0.2, 0.25) is 17.6 Å². The van der Waals surface area contributed by atoms with Crippen LogP contribution in [0.1, 0.15) is 87.0 Å². The van der Waals surface area contributed by atoms with E-state index in [9.17, 15) is 19.2 Å². The molecule has 0 radical (unpaired) electrons. The van der Waals surface area contributed by atoms with E-state index in [1.807, 2.05) is 37.1 Å². The molecule has 1 heterocycles. The average Bonchev–Trinajstić information content (AvgIpc) is 3.26. The fourth-order valence-electron chi connectivity index (χ4n) is 3.25. The second kappa shape index (κ2) is 19.0. The van der Waals surface area contributed by atoms with Gasteiger partial charge >= 0.3 is 0 Å². The number of ketones is 1. The zero-order valence-electron chi connectivity index (χ0n) is 21.2. The summed E-state index contributed by atoms with van der Waals surface area (Å²) < 4.78 is 0. The van der Waals surface area contributed by atoms with Crippen LogP contribution in [0.15, 0.2) is 0 Å². The van der Waals surface area contributed by atoms with Crippen molar-refractivity contribution in [3.8, 4) is 0 Å². The maximum atomic E-state index is 12.6. The summed E-state index contributed by atoms with van der Waals surface area (Å²) in [7, 11) is 2.00. The molecule has 0 aromatic heterocycles. The van der Waals surface area contributed by atoms with Crippen molar-refractivity contribution in [3.63, 3.8) is 0 Å². The molecule has 1 saturated carbocycles. The molecule has 3 unspecified atom stereocenters. The Kier molecular flexibility index (Phi) is 19.4. The fraction of sp³-hybridized carbons (Fsp3) is 0.826. The van der Waals surface area contributed by atoms with Gasteiger partial charge in [-0.25, -0.2) is 0 Å². The average molecular weight is 475 g/mol. The van der Waals surface area contributed by atoms with Crippen LogP contribution in [0.4, 0.5) is 0 Å². The van der Waals surface area contributed by atoms with Crippen LogP contribution in [-0.4, -0.2) is 53.6 Å². The lowest BCUT2D eigenvalue weighted by molar-refractivity contribution is -0.141. The van der Waals surface area contributed by atoms with E-state index in [0.29, 0.717) is 25.3 Å². The van der Waals surface area contributed by atoms with Gasteiger partial charge < -0.3 is 21.0 Å². The number of nitrogens with two attached hydrogens (primary N) is 1. The number of nitrogens with zero attached hydrogens (tertiary/aromatic N) is 1. The Morgan fingerprint density at radius 2 is 1.53 bits per heavy atom. The first-order chi connectivity index (χ1) is 15.2. The van der Waals surface area contributed by atoms with E-state index in [2.05, 4.69) is 31.2 Å². The molecule has 3 amide bonds. The highest BCUT2D eigenvalue weighted by Gasteiger charge is 2.37. The molecule has 2 fully saturated rings. The van der Waals surface area contributed by atoms with E-state index in [1.54, 1.807) is 0 Å². The largest absolute Gasteiger partial charge is 0.344 e. The zero-order valence-corrected chi connectivity index (χ0v) is 22.4. The van der Waals surface area contributed by atoms with Crippen LogP contribution in [0.5, 0.6) is 0 Å². The number of carbonyl (C=O) groups is 4. The van der Waals surface area contributed by atoms with Crippen molar-refractivity contribution >= 4 is 32.9 Å². The Bertz CT molecular complexity index is 565. The van der Waals surface area contributed by atoms with Crippen LogP contribution >= 0.6 is 9.39 Å². The molecule has 8 nitrogen and oxygen atoms in total. The molecule has 0 bridgehead atoms. The van der Waals surface area contributed by atoms with E-state index in [4.69, 9.17) is 5.73 Å². The van der Waals surface area contributed by atoms with Crippen molar-refractivity contribution in [1.29, 1.82) is 0 Å². The molecule has 1 saturated heterocycles. The van der Waals surface area contributed by atoms with Crippen molar-refractivity contribution in [2.45, 2.75) is 99.1 Å². The van der Waals surface area contributed by atoms with E-state index in [-0.39, 0.29) is 18.4 Å². The van der Waals surface area contributed by atoms with Crippen molar-refractivity contribution in [2.24, 2.45) is 17.6 Å². The fourth-order valence-corrected chi connectivity index (χ4v) is 3.39. The van der Waals surface area contributed by atoms with Gasteiger partial charge in [-0.05, 0) is 40.5 Å². The first-order valence-electron chi connectivity index (χ1n) is 12.1. The minimum absolute atomic E-state index is 0.149. The van der Waals surface area contributed by atoms with Crippen LogP contribution < -0.4 is 16.1 Å². The lowest BCUT2D eigenvalue weighted by atomic mass is 9.80. The molecule has 0 aromatic carbocycles. The van der Waals surface area contributed by atoms with Crippen LogP contribution in [0.25, 0.3) is 0 Å². The predicted molar refractivity (Wildman–Crippen MR) is 134 cm³/mol. The number of rotatable bonds is 7. The Morgan fingerprint density at radius 1 is 1.00 bits per heavy atom. The Morgan fingerprint density at radius 3 is 1.94 bits per heavy atom. The van der Waals surface area contributed by atoms with Crippen LogP contribution in [-0.2, 0) is 19.2 Å². The van der Waals surface area contributed by atoms with Gasteiger partial charge in [0.25, 0.3) is 5.91 Å². The molecule has 32 heavy (non-hydrogen) atoms. The Labute approximate surface area is 197 Å². The molecular formula is C23H47N4O4P. The highest BCUT2D eigenvalue weighted by Crippen LogP contribution is 2.31. The molecule has 9 heteroatoms. The summed E-state index contributed by atoms with van der Waals surface area (Å²) in [6.45, 7) is 14.8. The number of hydrogen-bond donors (Lipinski definition) is 3. The topological polar surface area (TPSA) is 122 Å². The number of hydrogen-bond acceptors (Lipinski definition) is 5. The van der Waals surface area contributed by atoms with E-state index in [1.165, 1.54) is 4.90 Å². The Balaban J connectivity index is 0. The van der Waals surface area contributed by atoms with Gasteiger partial charge in [0.05, 0.1) is 12.6 Å². The lowest BCUT2D eigenvalue weighted by Gasteiger charge is -2.30. The first kappa shape index (κ1) is 32.6. The van der Waals surface area contributed by atoms with Crippen molar-refractivity contribution in [2.75, 3.05) is 13.1 Å². The quantitative estimate of drug-likeness (QED) is 0.387. The minimum atomic E-state index is -0.848. The van der Waals surface area contributed by atoms with Crippen molar-refractivity contribution < 1.29 is 19.2 Å². The van der Waals surface area contributed by atoms with Gasteiger partial charge in [-0.2, -0.15) is 0 Å². The third-order valence-electron chi connectivity index (χ3n) is 4.83. The van der Waals surface area contributed by atoms with Gasteiger partial charge in [-0.1, -0.05) is 67.7 Å². The summed E-state index contributed by atoms with van der Waals surface area (Å²) in [4.78, 5) is 49.7. The first-order valence-corrected chi connectivity index (χ1v) is 12.6. The molecule has 3 atom stereocenters. The molecule has 1 aliphatic carbocycles. The lowest BCUT2D eigenvalue weighted by Crippen LogP contribution is -2.54. The number of likely N-dealkylation sites (tertiary alicyclic amines) is 1. The summed E-state index contributed by atoms with van der Waals surface area (Å²) >= 11 is 0. The molecule has 4 N–H and O–H groups in total. The molecule has 0 spiro atoms. The summed E-state index contributed by atoms with van der Waals surface area (Å²) in [5.41, 5.74) is 5.38. The second-order valence-electron chi connectivity index (χ2n) is 8.11. The van der Waals surface area contributed by atoms with Gasteiger partial charge in [-0.3, -0.25) is 19.2 Å². The number of amides is 3. The maximum Gasteiger partial charge on any atom is 0.292 e. The highest BCUT2D eigenvalue weighted by molar-refractivity contribution is 7.15. The smallest absolute Gasteiger partial charge is 0.292 e. The van der Waals surface area contributed by atoms with Crippen LogP contribution in [0, 0.1) is 11.8 Å². The predicted octanol–water partition coefficient (Wildman–Crippen LogP) is 2.80. The minimum Gasteiger partial charge on any atom is -0.344 e. The molecule has 0 aromatic rings. The maximum absolute atomic E-state index is 12.6. The molecule has 2 rings (SSSR count). The summed E-state index contributed by atoms with van der Waals surface area (Å²) in [5.74, 6) is -0.881. The summed E-state index contributed by atoms with van der Waals surface area (Å²) in [5, 5.41) is 4.92. The van der Waals surface area contributed by atoms with Crippen LogP contribution in [0.3, 0.4) is 0 Å². The standard InChI is InChI=1S/C15H25N4O4P.C4H10.2C2H6/c16-8-12(20)19-6-2-5-11(19)14(22)17-10(7-9-3-1-4-9)13(21)15(23)18-24;1-4(2)3;2*1-2/h9-11H,1-8,16,24H2,(H,17,22)(H,18,23);4H,1-3H3;2*1-2H3. The van der Waals surface area contributed by atoms with Crippen LogP contribution in [0.2, 0.25) is 0 Å². The molecule has 1 aliphatic heterocycles. The van der Waals surface area contributed by atoms with Crippen molar-refractivity contribution in [1.82, 2.24) is 15.3 Å². The number of carbonyl (C=O) groups excluding carboxylic acids is 4. The van der Waals surface area contributed by atoms with Gasteiger partial charge in [0.1, 0.15) is 6.04 Å². The van der Waals surface area contributed by atoms with E-state index >= 15 is 0 Å². The second-order valence-corrected chi connectivity index (χ2v) is 8.40. The number of nitrogens with one attached hydrogen (secondary N) is 2. The SMILES string of the molecule is CC.CC.CC(C)C.NCC(=O)N1CCCC1C(=O)NC(CC1CCC1)C(=O)C(=O)NP. The van der Waals surface area contributed by atoms with Gasteiger partial charge in [0, 0.05) is 6.54 Å². The Hall–Kier alpha value is -1.53. The highest BCUT2D eigenvalue weighted by atomic mass is 31.0. The third kappa shape index (κ3) is 11.9.